The van der Waals surface area contributed by atoms with Crippen LogP contribution in [0.2, 0.25) is 0 Å². The summed E-state index contributed by atoms with van der Waals surface area (Å²) >= 11 is 0. The van der Waals surface area contributed by atoms with Crippen molar-refractivity contribution in [2.75, 3.05) is 6.54 Å². The summed E-state index contributed by atoms with van der Waals surface area (Å²) in [5.41, 5.74) is -0.637. The Morgan fingerprint density at radius 2 is 1.80 bits per heavy atom. The van der Waals surface area contributed by atoms with Gasteiger partial charge in [0.25, 0.3) is 0 Å². The first kappa shape index (κ1) is 19.5. The molecule has 1 saturated heterocycles. The van der Waals surface area contributed by atoms with E-state index >= 15 is 0 Å². The summed E-state index contributed by atoms with van der Waals surface area (Å²) in [6.07, 6.45) is 2.00. The molecule has 0 bridgehead atoms. The van der Waals surface area contributed by atoms with Crippen LogP contribution in [0.15, 0.2) is 0 Å². The van der Waals surface area contributed by atoms with Crippen LogP contribution in [0.5, 0.6) is 0 Å². The molecule has 0 radical (unpaired) electrons. The van der Waals surface area contributed by atoms with E-state index < -0.39 is 41.6 Å². The minimum Gasteiger partial charge on any atom is -0.480 e. The lowest BCUT2D eigenvalue weighted by Gasteiger charge is -2.34. The van der Waals surface area contributed by atoms with Gasteiger partial charge >= 0.3 is 12.1 Å². The van der Waals surface area contributed by atoms with Crippen molar-refractivity contribution in [3.8, 4) is 0 Å². The minimum absolute atomic E-state index is 0.00947. The third-order valence-electron chi connectivity index (χ3n) is 4.80. The first-order valence-electron chi connectivity index (χ1n) is 8.78. The van der Waals surface area contributed by atoms with Crippen LogP contribution in [0.1, 0.15) is 52.9 Å². The van der Waals surface area contributed by atoms with Crippen LogP contribution in [-0.2, 0) is 14.3 Å². The van der Waals surface area contributed by atoms with E-state index in [0.717, 1.165) is 30.6 Å². The predicted molar refractivity (Wildman–Crippen MR) is 88.9 cm³/mol. The highest BCUT2D eigenvalue weighted by molar-refractivity contribution is 5.90. The van der Waals surface area contributed by atoms with Crippen molar-refractivity contribution in [3.63, 3.8) is 0 Å². The summed E-state index contributed by atoms with van der Waals surface area (Å²) in [6, 6.07) is -2.02. The number of carboxylic acid groups (broad SMARTS) is 1. The van der Waals surface area contributed by atoms with E-state index in [1.165, 1.54) is 0 Å². The van der Waals surface area contributed by atoms with Crippen LogP contribution in [0.25, 0.3) is 0 Å². The fourth-order valence-electron chi connectivity index (χ4n) is 3.42. The number of likely N-dealkylation sites (tertiary alicyclic amines) is 1. The van der Waals surface area contributed by atoms with Gasteiger partial charge in [-0.05, 0) is 31.1 Å². The fraction of sp³-hybridized carbons (Fsp3) is 0.824. The number of hydrogen-bond acceptors (Lipinski definition) is 5. The second-order valence-electron chi connectivity index (χ2n) is 7.99. The minimum atomic E-state index is -1.16. The molecular weight excluding hydrogens is 328 g/mol. The maximum Gasteiger partial charge on any atom is 0.408 e. The average Bonchev–Trinajstić information content (AvgIpc) is 3.12. The number of aliphatic carboxylic acids is 1. The zero-order valence-corrected chi connectivity index (χ0v) is 15.0. The number of carbonyl (C=O) groups excluding carboxylic acids is 2. The average molecular weight is 356 g/mol. The summed E-state index contributed by atoms with van der Waals surface area (Å²) < 4.78 is 5.36. The Hall–Kier alpha value is -1.83. The SMILES string of the molecule is CC(C)(C)[C@H](NC(=O)OC1CCCC1)C(=O)N1C[C@@H](O)C[C@H]1C(=O)O. The number of aliphatic hydroxyl groups is 1. The van der Waals surface area contributed by atoms with Crippen LogP contribution in [0.3, 0.4) is 0 Å². The normalized spacial score (nSPS) is 25.7. The monoisotopic (exact) mass is 356 g/mol. The number of nitrogens with zero attached hydrogens (tertiary/aromatic N) is 1. The van der Waals surface area contributed by atoms with Crippen molar-refractivity contribution >= 4 is 18.0 Å². The number of alkyl carbamates (subject to hydrolysis) is 1. The number of β-amino-alcohol motifs (C(OH)–C–C–N with tert-alkyl or cyclic N) is 1. The Balaban J connectivity index is 2.09. The Labute approximate surface area is 147 Å². The van der Waals surface area contributed by atoms with Crippen LogP contribution in [0, 0.1) is 5.41 Å². The van der Waals surface area contributed by atoms with Gasteiger partial charge in [0.2, 0.25) is 5.91 Å². The second-order valence-corrected chi connectivity index (χ2v) is 7.99. The third-order valence-corrected chi connectivity index (χ3v) is 4.80. The number of carboxylic acids is 1. The van der Waals surface area contributed by atoms with Crippen LogP contribution in [0.4, 0.5) is 4.79 Å². The molecule has 1 aliphatic heterocycles. The standard InChI is InChI=1S/C17H28N2O6/c1-17(2,3)13(18-16(24)25-11-6-4-5-7-11)14(21)19-9-10(20)8-12(19)15(22)23/h10-13,20H,4-9H2,1-3H3,(H,18,24)(H,22,23)/t10-,12-,13+/m0/s1. The summed E-state index contributed by atoms with van der Waals surface area (Å²) in [4.78, 5) is 37.6. The molecule has 0 aromatic carbocycles. The lowest BCUT2D eigenvalue weighted by atomic mass is 9.85. The molecule has 0 spiro atoms. The molecule has 0 aromatic heterocycles. The highest BCUT2D eigenvalue weighted by atomic mass is 16.6. The number of aliphatic hydroxyl groups excluding tert-OH is 1. The van der Waals surface area contributed by atoms with Crippen LogP contribution >= 0.6 is 0 Å². The van der Waals surface area contributed by atoms with Gasteiger partial charge in [-0.1, -0.05) is 20.8 Å². The van der Waals surface area contributed by atoms with Gasteiger partial charge in [0.15, 0.2) is 0 Å². The highest BCUT2D eigenvalue weighted by Crippen LogP contribution is 2.27. The molecule has 1 saturated carbocycles. The first-order valence-corrected chi connectivity index (χ1v) is 8.78. The van der Waals surface area contributed by atoms with Crippen LogP contribution in [-0.4, -0.2) is 63.9 Å². The molecule has 2 rings (SSSR count). The van der Waals surface area contributed by atoms with Gasteiger partial charge in [0, 0.05) is 13.0 Å². The largest absolute Gasteiger partial charge is 0.480 e. The lowest BCUT2D eigenvalue weighted by Crippen LogP contribution is -2.57. The molecule has 3 N–H and O–H groups in total. The molecule has 1 aliphatic carbocycles. The number of ether oxygens (including phenoxy) is 1. The van der Waals surface area contributed by atoms with E-state index in [1.807, 2.05) is 0 Å². The number of amides is 2. The molecular formula is C17H28N2O6. The maximum atomic E-state index is 12.9. The number of hydrogen-bond donors (Lipinski definition) is 3. The maximum absolute atomic E-state index is 12.9. The van der Waals surface area contributed by atoms with Crippen molar-refractivity contribution in [2.45, 2.75) is 77.2 Å². The zero-order valence-electron chi connectivity index (χ0n) is 15.0. The fourth-order valence-corrected chi connectivity index (χ4v) is 3.42. The molecule has 3 atom stereocenters. The van der Waals surface area contributed by atoms with Crippen molar-refractivity contribution < 1.29 is 29.3 Å². The Kier molecular flexibility index (Phi) is 5.92. The molecule has 1 heterocycles. The predicted octanol–water partition coefficient (Wildman–Crippen LogP) is 1.12. The molecule has 0 aromatic rings. The smallest absolute Gasteiger partial charge is 0.408 e. The molecule has 0 unspecified atom stereocenters. The summed E-state index contributed by atoms with van der Waals surface area (Å²) in [5, 5.41) is 21.7. The number of rotatable bonds is 4. The van der Waals surface area contributed by atoms with Gasteiger partial charge in [0.05, 0.1) is 6.10 Å². The molecule has 8 nitrogen and oxygen atoms in total. The first-order chi connectivity index (χ1) is 11.6. The van der Waals surface area contributed by atoms with E-state index in [1.54, 1.807) is 20.8 Å². The Morgan fingerprint density at radius 3 is 2.32 bits per heavy atom. The summed E-state index contributed by atoms with van der Waals surface area (Å²) in [7, 11) is 0. The van der Waals surface area contributed by atoms with Gasteiger partial charge in [-0.3, -0.25) is 4.79 Å². The van der Waals surface area contributed by atoms with Crippen molar-refractivity contribution in [1.82, 2.24) is 10.2 Å². The van der Waals surface area contributed by atoms with Gasteiger partial charge in [0.1, 0.15) is 18.2 Å². The van der Waals surface area contributed by atoms with Crippen LogP contribution < -0.4 is 5.32 Å². The van der Waals surface area contributed by atoms with E-state index in [4.69, 9.17) is 4.74 Å². The molecule has 25 heavy (non-hydrogen) atoms. The van der Waals surface area contributed by atoms with E-state index in [-0.39, 0.29) is 19.1 Å². The van der Waals surface area contributed by atoms with E-state index in [9.17, 15) is 24.6 Å². The van der Waals surface area contributed by atoms with Gasteiger partial charge in [-0.15, -0.1) is 0 Å². The zero-order chi connectivity index (χ0) is 18.8. The quantitative estimate of drug-likeness (QED) is 0.695. The lowest BCUT2D eigenvalue weighted by molar-refractivity contribution is -0.150. The number of nitrogens with one attached hydrogen (secondary N) is 1. The summed E-state index contributed by atoms with van der Waals surface area (Å²) in [5.74, 6) is -1.68. The third kappa shape index (κ3) is 4.84. The Bertz CT molecular complexity index is 524. The molecule has 2 aliphatic rings. The number of carbonyl (C=O) groups is 3. The van der Waals surface area contributed by atoms with Gasteiger partial charge in [-0.2, -0.15) is 0 Å². The second kappa shape index (κ2) is 7.59. The topological polar surface area (TPSA) is 116 Å². The molecule has 8 heteroatoms. The molecule has 142 valence electrons. The molecule has 2 amide bonds. The van der Waals surface area contributed by atoms with Crippen molar-refractivity contribution in [3.05, 3.63) is 0 Å². The van der Waals surface area contributed by atoms with Crippen molar-refractivity contribution in [2.24, 2.45) is 5.41 Å². The van der Waals surface area contributed by atoms with Crippen molar-refractivity contribution in [1.29, 1.82) is 0 Å². The Morgan fingerprint density at radius 1 is 1.20 bits per heavy atom. The van der Waals surface area contributed by atoms with Gasteiger partial charge < -0.3 is 25.2 Å². The highest BCUT2D eigenvalue weighted by Gasteiger charge is 2.44. The van der Waals surface area contributed by atoms with E-state index in [0.29, 0.717) is 0 Å². The summed E-state index contributed by atoms with van der Waals surface area (Å²) in [6.45, 7) is 5.30. The molecule has 2 fully saturated rings. The van der Waals surface area contributed by atoms with Gasteiger partial charge in [-0.25, -0.2) is 9.59 Å². The van der Waals surface area contributed by atoms with E-state index in [2.05, 4.69) is 5.32 Å².